The molecule has 0 fully saturated rings. The van der Waals surface area contributed by atoms with E-state index in [0.717, 1.165) is 44.2 Å². The monoisotopic (exact) mass is 619 g/mol. The summed E-state index contributed by atoms with van der Waals surface area (Å²) in [6.07, 6.45) is 0.740. The van der Waals surface area contributed by atoms with Gasteiger partial charge in [0, 0.05) is 39.2 Å². The van der Waals surface area contributed by atoms with Crippen LogP contribution in [0.2, 0.25) is 0 Å². The van der Waals surface area contributed by atoms with E-state index in [1.807, 2.05) is 65.6 Å². The first-order chi connectivity index (χ1) is 20.3. The van der Waals surface area contributed by atoms with Crippen LogP contribution in [0.15, 0.2) is 102 Å². The zero-order valence-electron chi connectivity index (χ0n) is 24.3. The maximum Gasteiger partial charge on any atom is 0.255 e. The van der Waals surface area contributed by atoms with E-state index in [1.165, 1.54) is 5.56 Å². The Bertz CT molecular complexity index is 1810. The van der Waals surface area contributed by atoms with E-state index in [0.29, 0.717) is 11.3 Å². The highest BCUT2D eigenvalue weighted by Gasteiger charge is 2.47. The summed E-state index contributed by atoms with van der Waals surface area (Å²) >= 11 is 3.51. The molecule has 0 spiro atoms. The zero-order chi connectivity index (χ0) is 29.5. The molecule has 0 bridgehead atoms. The van der Waals surface area contributed by atoms with Gasteiger partial charge >= 0.3 is 0 Å². The molecule has 3 atom stereocenters. The molecule has 0 saturated heterocycles. The third-order valence-corrected chi connectivity index (χ3v) is 9.08. The van der Waals surface area contributed by atoms with Crippen LogP contribution in [0.4, 0.5) is 5.69 Å². The Morgan fingerprint density at radius 1 is 0.952 bits per heavy atom. The quantitative estimate of drug-likeness (QED) is 0.198. The minimum absolute atomic E-state index is 0.0873. The van der Waals surface area contributed by atoms with Crippen LogP contribution in [-0.4, -0.2) is 27.3 Å². The standard InChI is InChI=1S/C36H34BrN3O2/c1-5-23(3)32(35(41)38-26-12-10-11-25(37)21-26)40-34(27-13-6-7-14-28(27)36(40)42)31-29-15-8-9-16-30(29)39(4)33(31)24-19-17-22(2)18-20-24/h6-21,23,32,34H,5H2,1-4H3,(H,38,41). The number of nitrogens with one attached hydrogen (secondary N) is 1. The van der Waals surface area contributed by atoms with E-state index in [2.05, 4.69) is 90.0 Å². The summed E-state index contributed by atoms with van der Waals surface area (Å²) in [4.78, 5) is 30.5. The fraction of sp³-hybridized carbons (Fsp3) is 0.222. The second kappa shape index (κ2) is 11.3. The summed E-state index contributed by atoms with van der Waals surface area (Å²) < 4.78 is 3.10. The lowest BCUT2D eigenvalue weighted by atomic mass is 9.90. The summed E-state index contributed by atoms with van der Waals surface area (Å²) in [5.41, 5.74) is 7.69. The lowest BCUT2D eigenvalue weighted by Crippen LogP contribution is -2.50. The molecule has 2 amide bonds. The number of anilines is 1. The fourth-order valence-corrected chi connectivity index (χ4v) is 6.74. The SMILES string of the molecule is CCC(C)C(C(=O)Nc1cccc(Br)c1)N1C(=O)c2ccccc2C1c1c(-c2ccc(C)cc2)n(C)c2ccccc12. The van der Waals surface area contributed by atoms with Crippen LogP contribution in [0.5, 0.6) is 0 Å². The van der Waals surface area contributed by atoms with E-state index in [-0.39, 0.29) is 17.7 Å². The number of carbonyl (C=O) groups is 2. The minimum atomic E-state index is -0.691. The van der Waals surface area contributed by atoms with E-state index in [4.69, 9.17) is 0 Å². The predicted molar refractivity (Wildman–Crippen MR) is 174 cm³/mol. The van der Waals surface area contributed by atoms with Crippen molar-refractivity contribution in [2.45, 2.75) is 39.3 Å². The molecule has 0 aliphatic carbocycles. The molecule has 6 heteroatoms. The van der Waals surface area contributed by atoms with E-state index >= 15 is 0 Å². The molecule has 0 saturated carbocycles. The van der Waals surface area contributed by atoms with Crippen molar-refractivity contribution in [3.05, 3.63) is 124 Å². The molecule has 0 radical (unpaired) electrons. The number of aryl methyl sites for hydroxylation is 2. The van der Waals surface area contributed by atoms with Gasteiger partial charge in [-0.3, -0.25) is 9.59 Å². The number of carbonyl (C=O) groups excluding carboxylic acids is 2. The fourth-order valence-electron chi connectivity index (χ4n) is 6.34. The number of hydrogen-bond acceptors (Lipinski definition) is 2. The van der Waals surface area contributed by atoms with Crippen LogP contribution in [0.3, 0.4) is 0 Å². The van der Waals surface area contributed by atoms with Crippen molar-refractivity contribution in [2.24, 2.45) is 13.0 Å². The maximum atomic E-state index is 14.4. The number of nitrogens with zero attached hydrogens (tertiary/aromatic N) is 2. The van der Waals surface area contributed by atoms with Crippen LogP contribution in [0.25, 0.3) is 22.2 Å². The highest BCUT2D eigenvalue weighted by Crippen LogP contribution is 2.48. The Kier molecular flexibility index (Phi) is 7.50. The molecule has 212 valence electrons. The van der Waals surface area contributed by atoms with Gasteiger partial charge in [-0.15, -0.1) is 0 Å². The van der Waals surface area contributed by atoms with Crippen molar-refractivity contribution < 1.29 is 9.59 Å². The first-order valence-corrected chi connectivity index (χ1v) is 15.2. The molecular formula is C36H34BrN3O2. The third-order valence-electron chi connectivity index (χ3n) is 8.59. The summed E-state index contributed by atoms with van der Waals surface area (Å²) in [6.45, 7) is 6.21. The molecule has 4 aromatic carbocycles. The van der Waals surface area contributed by atoms with Crippen molar-refractivity contribution in [1.29, 1.82) is 0 Å². The Morgan fingerprint density at radius 2 is 1.67 bits per heavy atom. The summed E-state index contributed by atoms with van der Waals surface area (Å²) in [5, 5.41) is 4.20. The van der Waals surface area contributed by atoms with Gasteiger partial charge in [-0.2, -0.15) is 0 Å². The van der Waals surface area contributed by atoms with Crippen molar-refractivity contribution >= 4 is 44.3 Å². The molecule has 1 aliphatic rings. The first-order valence-electron chi connectivity index (χ1n) is 14.4. The molecule has 1 N–H and O–H groups in total. The van der Waals surface area contributed by atoms with Gasteiger partial charge < -0.3 is 14.8 Å². The predicted octanol–water partition coefficient (Wildman–Crippen LogP) is 8.51. The van der Waals surface area contributed by atoms with Crippen LogP contribution in [0, 0.1) is 12.8 Å². The van der Waals surface area contributed by atoms with Gasteiger partial charge in [0.1, 0.15) is 6.04 Å². The topological polar surface area (TPSA) is 54.3 Å². The largest absolute Gasteiger partial charge is 0.343 e. The molecular weight excluding hydrogens is 586 g/mol. The Morgan fingerprint density at radius 3 is 2.40 bits per heavy atom. The Hall–Kier alpha value is -4.16. The molecule has 3 unspecified atom stereocenters. The Labute approximate surface area is 255 Å². The highest BCUT2D eigenvalue weighted by atomic mass is 79.9. The maximum absolute atomic E-state index is 14.4. The number of fused-ring (bicyclic) bond motifs is 2. The van der Waals surface area contributed by atoms with Gasteiger partial charge in [0.25, 0.3) is 5.91 Å². The van der Waals surface area contributed by atoms with Crippen molar-refractivity contribution in [3.8, 4) is 11.3 Å². The minimum Gasteiger partial charge on any atom is -0.343 e. The highest BCUT2D eigenvalue weighted by molar-refractivity contribution is 9.10. The van der Waals surface area contributed by atoms with E-state index in [1.54, 1.807) is 0 Å². The van der Waals surface area contributed by atoms with Crippen molar-refractivity contribution in [3.63, 3.8) is 0 Å². The van der Waals surface area contributed by atoms with Crippen LogP contribution >= 0.6 is 15.9 Å². The molecule has 5 aromatic rings. The zero-order valence-corrected chi connectivity index (χ0v) is 25.9. The number of halogens is 1. The number of benzene rings is 4. The van der Waals surface area contributed by atoms with E-state index in [9.17, 15) is 9.59 Å². The van der Waals surface area contributed by atoms with Crippen molar-refractivity contribution in [1.82, 2.24) is 9.47 Å². The van der Waals surface area contributed by atoms with Crippen LogP contribution < -0.4 is 5.32 Å². The number of amides is 2. The van der Waals surface area contributed by atoms with Gasteiger partial charge in [-0.25, -0.2) is 0 Å². The van der Waals surface area contributed by atoms with Crippen molar-refractivity contribution in [2.75, 3.05) is 5.32 Å². The lowest BCUT2D eigenvalue weighted by Gasteiger charge is -2.36. The van der Waals surface area contributed by atoms with Gasteiger partial charge in [0.15, 0.2) is 0 Å². The first kappa shape index (κ1) is 28.0. The average molecular weight is 621 g/mol. The van der Waals surface area contributed by atoms with Gasteiger partial charge in [-0.1, -0.05) is 108 Å². The molecule has 42 heavy (non-hydrogen) atoms. The molecule has 2 heterocycles. The number of rotatable bonds is 7. The molecule has 6 rings (SSSR count). The normalized spacial score (nSPS) is 16.0. The van der Waals surface area contributed by atoms with E-state index < -0.39 is 12.1 Å². The number of para-hydroxylation sites is 1. The second-order valence-corrected chi connectivity index (χ2v) is 12.2. The molecule has 5 nitrogen and oxygen atoms in total. The summed E-state index contributed by atoms with van der Waals surface area (Å²) in [5.74, 6) is -0.394. The summed E-state index contributed by atoms with van der Waals surface area (Å²) in [7, 11) is 2.08. The van der Waals surface area contributed by atoms with Crippen LogP contribution in [-0.2, 0) is 11.8 Å². The Balaban J connectivity index is 1.59. The number of hydrogen-bond donors (Lipinski definition) is 1. The smallest absolute Gasteiger partial charge is 0.255 e. The van der Waals surface area contributed by atoms with Gasteiger partial charge in [-0.05, 0) is 54.3 Å². The number of aromatic nitrogens is 1. The summed E-state index contributed by atoms with van der Waals surface area (Å²) in [6, 6.07) is 31.1. The van der Waals surface area contributed by atoms with Gasteiger partial charge in [0.2, 0.25) is 5.91 Å². The lowest BCUT2D eigenvalue weighted by molar-refractivity contribution is -0.122. The van der Waals surface area contributed by atoms with Gasteiger partial charge in [0.05, 0.1) is 11.7 Å². The third kappa shape index (κ3) is 4.74. The molecule has 1 aromatic heterocycles. The average Bonchev–Trinajstić information content (AvgIpc) is 3.44. The second-order valence-electron chi connectivity index (χ2n) is 11.2. The van der Waals surface area contributed by atoms with Crippen LogP contribution in [0.1, 0.15) is 53.4 Å². The molecule has 1 aliphatic heterocycles.